The maximum Gasteiger partial charge on any atom is 0.534 e. The van der Waals surface area contributed by atoms with Crippen LogP contribution in [0.4, 0.5) is 9.59 Å². The van der Waals surface area contributed by atoms with E-state index in [2.05, 4.69) is 0 Å². The maximum absolute atomic E-state index is 12.8. The van der Waals surface area contributed by atoms with E-state index in [-0.39, 0.29) is 19.6 Å². The number of carbonyl (C=O) groups excluding carboxylic acids is 2. The lowest BCUT2D eigenvalue weighted by molar-refractivity contribution is -0.153. The second-order valence-corrected chi connectivity index (χ2v) is 11.3. The molecule has 0 aliphatic heterocycles. The van der Waals surface area contributed by atoms with Gasteiger partial charge in [0.2, 0.25) is 0 Å². The molecule has 0 bridgehead atoms. The second kappa shape index (κ2) is 12.4. The molecule has 0 saturated carbocycles. The molecule has 0 aliphatic carbocycles. The minimum atomic E-state index is -3.36. The number of carbonyl (C=O) groups is 2. The Balaban J connectivity index is 3.01. The molecule has 194 valence electrons. The first-order chi connectivity index (χ1) is 15.6. The quantitative estimate of drug-likeness (QED) is 0.213. The summed E-state index contributed by atoms with van der Waals surface area (Å²) in [6.07, 6.45) is -2.12. The van der Waals surface area contributed by atoms with Crippen molar-refractivity contribution in [1.29, 1.82) is 0 Å². The fourth-order valence-corrected chi connectivity index (χ4v) is 3.88. The van der Waals surface area contributed by atoms with Gasteiger partial charge in [0.25, 0.3) is 0 Å². The number of nitrogens with zero attached hydrogens (tertiary/aromatic N) is 1. The summed E-state index contributed by atoms with van der Waals surface area (Å²) in [7, 11) is -3.36. The van der Waals surface area contributed by atoms with Gasteiger partial charge in [-0.05, 0) is 80.0 Å². The van der Waals surface area contributed by atoms with Crippen molar-refractivity contribution in [3.05, 3.63) is 29.8 Å². The van der Waals surface area contributed by atoms with Gasteiger partial charge in [0.05, 0.1) is 19.3 Å². The van der Waals surface area contributed by atoms with E-state index in [9.17, 15) is 14.2 Å². The Morgan fingerprint density at radius 1 is 0.912 bits per heavy atom. The highest BCUT2D eigenvalue weighted by Gasteiger charge is 2.32. The topological polar surface area (TPSA) is 110 Å². The third kappa shape index (κ3) is 10.8. The standard InChI is InChI=1S/C23H38NO9P/c1-10-29-34(27,30-11-2)16-28-19-14-12-18(13-15-19)17(3)24(20(25)31-22(4,5)6)33-21(26)32-23(7,8)9/h12-15,17H,10-11,16H2,1-9H3. The first-order valence-corrected chi connectivity index (χ1v) is 12.9. The zero-order valence-electron chi connectivity index (χ0n) is 21.6. The van der Waals surface area contributed by atoms with Gasteiger partial charge < -0.3 is 23.3 Å². The van der Waals surface area contributed by atoms with Crippen molar-refractivity contribution < 1.29 is 42.2 Å². The van der Waals surface area contributed by atoms with Crippen molar-refractivity contribution in [1.82, 2.24) is 5.06 Å². The number of benzene rings is 1. The SMILES string of the molecule is CCOP(=O)(COc1ccc(C(C)N(OC(=O)OC(C)(C)C)C(=O)OC(C)(C)C)cc1)OCC. The average molecular weight is 504 g/mol. The molecule has 0 radical (unpaired) electrons. The Hall–Kier alpha value is -2.29. The predicted molar refractivity (Wildman–Crippen MR) is 127 cm³/mol. The first-order valence-electron chi connectivity index (χ1n) is 11.1. The van der Waals surface area contributed by atoms with Crippen molar-refractivity contribution in [2.75, 3.05) is 19.6 Å². The molecule has 1 rings (SSSR count). The van der Waals surface area contributed by atoms with Gasteiger partial charge in [-0.1, -0.05) is 12.1 Å². The summed E-state index contributed by atoms with van der Waals surface area (Å²) < 4.78 is 39.1. The molecule has 1 atom stereocenters. The van der Waals surface area contributed by atoms with Gasteiger partial charge >= 0.3 is 19.8 Å². The summed E-state index contributed by atoms with van der Waals surface area (Å²) in [5, 5.41) is 0.827. The van der Waals surface area contributed by atoms with Gasteiger partial charge in [-0.2, -0.15) is 0 Å². The van der Waals surface area contributed by atoms with Crippen LogP contribution in [-0.2, 0) is 27.9 Å². The highest BCUT2D eigenvalue weighted by atomic mass is 31.2. The molecule has 0 spiro atoms. The van der Waals surface area contributed by atoms with E-state index in [1.807, 2.05) is 0 Å². The number of amides is 1. The van der Waals surface area contributed by atoms with Crippen LogP contribution in [0.25, 0.3) is 0 Å². The van der Waals surface area contributed by atoms with Crippen LogP contribution in [0.3, 0.4) is 0 Å². The molecule has 0 aromatic heterocycles. The molecule has 1 aromatic carbocycles. The summed E-state index contributed by atoms with van der Waals surface area (Å²) in [5.41, 5.74) is -0.986. The lowest BCUT2D eigenvalue weighted by atomic mass is 10.1. The normalized spacial score (nSPS) is 13.1. The predicted octanol–water partition coefficient (Wildman–Crippen LogP) is 6.45. The number of hydrogen-bond acceptors (Lipinski definition) is 9. The summed E-state index contributed by atoms with van der Waals surface area (Å²) in [6, 6.07) is 5.92. The molecule has 1 amide bonds. The maximum atomic E-state index is 12.8. The monoisotopic (exact) mass is 503 g/mol. The van der Waals surface area contributed by atoms with Crippen molar-refractivity contribution >= 4 is 19.8 Å². The largest absolute Gasteiger partial charge is 0.534 e. The number of hydroxylamine groups is 2. The van der Waals surface area contributed by atoms with Crippen LogP contribution in [0.5, 0.6) is 5.75 Å². The molecule has 0 saturated heterocycles. The number of rotatable bonds is 9. The van der Waals surface area contributed by atoms with E-state index in [4.69, 9.17) is 28.1 Å². The number of ether oxygens (including phenoxy) is 3. The third-order valence-corrected chi connectivity index (χ3v) is 5.64. The van der Waals surface area contributed by atoms with E-state index in [0.29, 0.717) is 11.3 Å². The fraction of sp³-hybridized carbons (Fsp3) is 0.652. The van der Waals surface area contributed by atoms with Crippen molar-refractivity contribution in [2.45, 2.75) is 79.6 Å². The molecule has 0 aliphatic rings. The molecule has 0 N–H and O–H groups in total. The van der Waals surface area contributed by atoms with Gasteiger partial charge in [-0.25, -0.2) is 9.59 Å². The Labute approximate surface area is 202 Å². The Kier molecular flexibility index (Phi) is 10.9. The van der Waals surface area contributed by atoms with Crippen LogP contribution in [-0.4, -0.2) is 48.1 Å². The Morgan fingerprint density at radius 2 is 1.41 bits per heavy atom. The van der Waals surface area contributed by atoms with E-state index in [1.54, 1.807) is 86.6 Å². The van der Waals surface area contributed by atoms with E-state index in [1.165, 1.54) is 0 Å². The zero-order valence-corrected chi connectivity index (χ0v) is 22.5. The minimum absolute atomic E-state index is 0.231. The molecule has 1 unspecified atom stereocenters. The Bertz CT molecular complexity index is 833. The zero-order chi connectivity index (χ0) is 26.2. The smallest absolute Gasteiger partial charge is 0.481 e. The second-order valence-electron chi connectivity index (χ2n) is 9.33. The molecule has 1 aromatic rings. The van der Waals surface area contributed by atoms with Crippen LogP contribution >= 0.6 is 7.60 Å². The Morgan fingerprint density at radius 3 is 1.85 bits per heavy atom. The first kappa shape index (κ1) is 29.7. The minimum Gasteiger partial charge on any atom is -0.481 e. The van der Waals surface area contributed by atoms with E-state index in [0.717, 1.165) is 5.06 Å². The van der Waals surface area contributed by atoms with Crippen molar-refractivity contribution in [3.8, 4) is 5.75 Å². The van der Waals surface area contributed by atoms with E-state index < -0.39 is 37.1 Å². The summed E-state index contributed by atoms with van der Waals surface area (Å²) in [5.74, 6) is 0.424. The fourth-order valence-electron chi connectivity index (χ4n) is 2.57. The van der Waals surface area contributed by atoms with Crippen LogP contribution in [0.15, 0.2) is 24.3 Å². The van der Waals surface area contributed by atoms with Gasteiger partial charge in [0.15, 0.2) is 6.35 Å². The summed E-state index contributed by atoms with van der Waals surface area (Å²) >= 11 is 0. The molecular weight excluding hydrogens is 465 g/mol. The number of hydrogen-bond donors (Lipinski definition) is 0. The summed E-state index contributed by atoms with van der Waals surface area (Å²) in [4.78, 5) is 30.2. The highest BCUT2D eigenvalue weighted by molar-refractivity contribution is 7.53. The molecule has 0 fully saturated rings. The van der Waals surface area contributed by atoms with Gasteiger partial charge in [-0.3, -0.25) is 9.40 Å². The third-order valence-electron chi connectivity index (χ3n) is 3.89. The lowest BCUT2D eigenvalue weighted by Crippen LogP contribution is -2.41. The van der Waals surface area contributed by atoms with E-state index >= 15 is 0 Å². The van der Waals surface area contributed by atoms with Crippen LogP contribution in [0.2, 0.25) is 0 Å². The molecule has 0 heterocycles. The highest BCUT2D eigenvalue weighted by Crippen LogP contribution is 2.47. The van der Waals surface area contributed by atoms with Crippen molar-refractivity contribution in [3.63, 3.8) is 0 Å². The van der Waals surface area contributed by atoms with Gasteiger partial charge in [0, 0.05) is 0 Å². The molecule has 10 nitrogen and oxygen atoms in total. The molecule has 34 heavy (non-hydrogen) atoms. The van der Waals surface area contributed by atoms with Crippen molar-refractivity contribution in [2.24, 2.45) is 0 Å². The molecular formula is C23H38NO9P. The van der Waals surface area contributed by atoms with Gasteiger partial charge in [0.1, 0.15) is 17.0 Å². The van der Waals surface area contributed by atoms with Gasteiger partial charge in [-0.15, -0.1) is 5.06 Å². The lowest BCUT2D eigenvalue weighted by Gasteiger charge is -2.30. The summed E-state index contributed by atoms with van der Waals surface area (Å²) in [6.45, 7) is 15.7. The van der Waals surface area contributed by atoms with Crippen LogP contribution in [0.1, 0.15) is 73.9 Å². The average Bonchev–Trinajstić information content (AvgIpc) is 2.68. The molecule has 11 heteroatoms. The van der Waals surface area contributed by atoms with Crippen LogP contribution in [0, 0.1) is 0 Å². The van der Waals surface area contributed by atoms with Crippen LogP contribution < -0.4 is 4.74 Å².